The smallest absolute Gasteiger partial charge is 0.310 e. The quantitative estimate of drug-likeness (QED) is 0.470. The fourth-order valence-corrected chi connectivity index (χ4v) is 5.97. The zero-order valence-corrected chi connectivity index (χ0v) is 14.7. The third-order valence-corrected chi connectivity index (χ3v) is 7.42. The van der Waals surface area contributed by atoms with Crippen LogP contribution in [0.2, 0.25) is 0 Å². The Labute approximate surface area is 143 Å². The van der Waals surface area contributed by atoms with Gasteiger partial charge in [-0.05, 0) is 33.1 Å². The molecule has 0 aromatic rings. The molecule has 5 heteroatoms. The lowest BCUT2D eigenvalue weighted by atomic mass is 9.77. The van der Waals surface area contributed by atoms with Crippen LogP contribution in [0.3, 0.4) is 0 Å². The SMILES string of the molecule is CC1=CC[C@]23O[C@@]2(C)CC[C@@H]2[C@H](OC(=O)[C@H]2CN2CCNCC2)[C@@H]13. The van der Waals surface area contributed by atoms with Gasteiger partial charge in [0, 0.05) is 44.6 Å². The van der Waals surface area contributed by atoms with Crippen LogP contribution in [-0.2, 0) is 14.3 Å². The number of nitrogens with one attached hydrogen (secondary N) is 1. The van der Waals surface area contributed by atoms with E-state index in [1.807, 2.05) is 0 Å². The average Bonchev–Trinajstić information content (AvgIpc) is 2.88. The van der Waals surface area contributed by atoms with E-state index in [0.717, 1.165) is 52.0 Å². The van der Waals surface area contributed by atoms with Crippen molar-refractivity contribution in [3.63, 3.8) is 0 Å². The molecule has 0 aromatic heterocycles. The van der Waals surface area contributed by atoms with Crippen LogP contribution < -0.4 is 5.32 Å². The largest absolute Gasteiger partial charge is 0.461 e. The van der Waals surface area contributed by atoms with Crippen LogP contribution in [0.5, 0.6) is 0 Å². The van der Waals surface area contributed by atoms with Crippen LogP contribution in [0.1, 0.15) is 33.1 Å². The van der Waals surface area contributed by atoms with Gasteiger partial charge in [0.15, 0.2) is 0 Å². The van der Waals surface area contributed by atoms with E-state index in [1.54, 1.807) is 0 Å². The van der Waals surface area contributed by atoms with Crippen LogP contribution in [0.4, 0.5) is 0 Å². The topological polar surface area (TPSA) is 54.1 Å². The summed E-state index contributed by atoms with van der Waals surface area (Å²) in [6, 6.07) is 0. The van der Waals surface area contributed by atoms with E-state index in [9.17, 15) is 4.79 Å². The first-order chi connectivity index (χ1) is 11.5. The van der Waals surface area contributed by atoms with Crippen LogP contribution in [0.25, 0.3) is 0 Å². The van der Waals surface area contributed by atoms with Crippen molar-refractivity contribution in [1.82, 2.24) is 10.2 Å². The average molecular weight is 332 g/mol. The first kappa shape index (κ1) is 15.4. The molecule has 5 rings (SSSR count). The summed E-state index contributed by atoms with van der Waals surface area (Å²) in [7, 11) is 0. The number of carbonyl (C=O) groups excluding carboxylic acids is 1. The lowest BCUT2D eigenvalue weighted by Gasteiger charge is -2.31. The maximum Gasteiger partial charge on any atom is 0.310 e. The summed E-state index contributed by atoms with van der Waals surface area (Å²) in [5.41, 5.74) is 1.27. The number of epoxide rings is 1. The van der Waals surface area contributed by atoms with Gasteiger partial charge in [-0.3, -0.25) is 9.69 Å². The van der Waals surface area contributed by atoms with Gasteiger partial charge in [-0.15, -0.1) is 0 Å². The molecule has 0 radical (unpaired) electrons. The lowest BCUT2D eigenvalue weighted by molar-refractivity contribution is -0.146. The van der Waals surface area contributed by atoms with E-state index in [4.69, 9.17) is 9.47 Å². The fourth-order valence-electron chi connectivity index (χ4n) is 5.97. The predicted octanol–water partition coefficient (Wildman–Crippen LogP) is 1.34. The summed E-state index contributed by atoms with van der Waals surface area (Å²) in [6.45, 7) is 9.44. The molecule has 1 saturated carbocycles. The van der Waals surface area contributed by atoms with Gasteiger partial charge in [-0.1, -0.05) is 11.6 Å². The molecule has 1 N–H and O–H groups in total. The Hall–Kier alpha value is -0.910. The molecular formula is C19H28N2O3. The number of carbonyl (C=O) groups is 1. The Morgan fingerprint density at radius 1 is 1.38 bits per heavy atom. The molecule has 0 aromatic carbocycles. The summed E-state index contributed by atoms with van der Waals surface area (Å²) in [6.07, 6.45) is 5.43. The standard InChI is InChI=1S/C19H28N2O3/c1-12-3-6-19-15(12)16-13(4-5-18(19,2)24-19)14(17(22)23-16)11-21-9-7-20-8-10-21/h3,13-16,20H,4-11H2,1-2H3/t13-,14-,15+,16-,18-,19+/m0/s1. The Morgan fingerprint density at radius 3 is 2.96 bits per heavy atom. The number of hydrogen-bond acceptors (Lipinski definition) is 5. The van der Waals surface area contributed by atoms with Crippen LogP contribution in [-0.4, -0.2) is 60.9 Å². The van der Waals surface area contributed by atoms with E-state index >= 15 is 0 Å². The van der Waals surface area contributed by atoms with Crippen molar-refractivity contribution in [2.75, 3.05) is 32.7 Å². The predicted molar refractivity (Wildman–Crippen MR) is 89.5 cm³/mol. The zero-order valence-electron chi connectivity index (χ0n) is 14.7. The molecular weight excluding hydrogens is 304 g/mol. The molecule has 4 fully saturated rings. The van der Waals surface area contributed by atoms with Crippen molar-refractivity contribution < 1.29 is 14.3 Å². The van der Waals surface area contributed by atoms with Gasteiger partial charge in [0.25, 0.3) is 0 Å². The fraction of sp³-hybridized carbons (Fsp3) is 0.842. The van der Waals surface area contributed by atoms with Gasteiger partial charge in [0.05, 0.1) is 11.5 Å². The minimum atomic E-state index is -0.0826. The molecule has 1 spiro atoms. The number of hydrogen-bond donors (Lipinski definition) is 1. The zero-order chi connectivity index (χ0) is 16.5. The Morgan fingerprint density at radius 2 is 2.17 bits per heavy atom. The van der Waals surface area contributed by atoms with E-state index in [1.165, 1.54) is 5.57 Å². The van der Waals surface area contributed by atoms with Crippen LogP contribution >= 0.6 is 0 Å². The van der Waals surface area contributed by atoms with Crippen molar-refractivity contribution in [3.8, 4) is 0 Å². The highest BCUT2D eigenvalue weighted by Crippen LogP contribution is 2.67. The normalized spacial score (nSPS) is 50.4. The van der Waals surface area contributed by atoms with Gasteiger partial charge in [0.2, 0.25) is 0 Å². The first-order valence-electron chi connectivity index (χ1n) is 9.54. The number of ether oxygens (including phenoxy) is 2. The molecule has 0 unspecified atom stereocenters. The van der Waals surface area contributed by atoms with Gasteiger partial charge in [-0.2, -0.15) is 0 Å². The molecule has 0 amide bonds. The van der Waals surface area contributed by atoms with E-state index in [-0.39, 0.29) is 35.1 Å². The molecule has 6 atom stereocenters. The second kappa shape index (κ2) is 5.05. The van der Waals surface area contributed by atoms with E-state index in [2.05, 4.69) is 30.1 Å². The maximum atomic E-state index is 12.7. The minimum absolute atomic E-state index is 0.0116. The highest BCUT2D eigenvalue weighted by atomic mass is 16.6. The minimum Gasteiger partial charge on any atom is -0.461 e. The summed E-state index contributed by atoms with van der Waals surface area (Å²) >= 11 is 0. The van der Waals surface area contributed by atoms with E-state index < -0.39 is 0 Å². The molecule has 0 bridgehead atoms. The van der Waals surface area contributed by atoms with Gasteiger partial charge in [-0.25, -0.2) is 0 Å². The molecule has 132 valence electrons. The molecule has 3 saturated heterocycles. The van der Waals surface area contributed by atoms with Crippen molar-refractivity contribution in [1.29, 1.82) is 0 Å². The number of piperazine rings is 1. The Balaban J connectivity index is 1.41. The van der Waals surface area contributed by atoms with Crippen molar-refractivity contribution in [2.45, 2.75) is 50.4 Å². The van der Waals surface area contributed by atoms with Gasteiger partial charge in [0.1, 0.15) is 11.7 Å². The van der Waals surface area contributed by atoms with Crippen molar-refractivity contribution >= 4 is 5.97 Å². The maximum absolute atomic E-state index is 12.7. The van der Waals surface area contributed by atoms with Crippen molar-refractivity contribution in [2.24, 2.45) is 17.8 Å². The third kappa shape index (κ3) is 1.95. The highest BCUT2D eigenvalue weighted by Gasteiger charge is 2.75. The summed E-state index contributed by atoms with van der Waals surface area (Å²) in [5.74, 6) is 0.693. The second-order valence-electron chi connectivity index (χ2n) is 8.61. The number of esters is 1. The summed E-state index contributed by atoms with van der Waals surface area (Å²) < 4.78 is 12.3. The van der Waals surface area contributed by atoms with E-state index in [0.29, 0.717) is 5.92 Å². The second-order valence-corrected chi connectivity index (χ2v) is 8.61. The third-order valence-electron chi connectivity index (χ3n) is 7.42. The molecule has 3 heterocycles. The Kier molecular flexibility index (Phi) is 3.23. The van der Waals surface area contributed by atoms with Crippen LogP contribution in [0.15, 0.2) is 11.6 Å². The number of rotatable bonds is 2. The van der Waals surface area contributed by atoms with Gasteiger partial charge >= 0.3 is 5.97 Å². The Bertz CT molecular complexity index is 599. The molecule has 5 nitrogen and oxygen atoms in total. The summed E-state index contributed by atoms with van der Waals surface area (Å²) in [5, 5.41) is 3.39. The lowest BCUT2D eigenvalue weighted by Crippen LogP contribution is -2.47. The molecule has 2 aliphatic carbocycles. The first-order valence-corrected chi connectivity index (χ1v) is 9.54. The monoisotopic (exact) mass is 332 g/mol. The number of fused-ring (bicyclic) bond motifs is 2. The molecule has 24 heavy (non-hydrogen) atoms. The highest BCUT2D eigenvalue weighted by molar-refractivity contribution is 5.76. The van der Waals surface area contributed by atoms with Crippen LogP contribution in [0, 0.1) is 17.8 Å². The molecule has 3 aliphatic heterocycles. The molecule has 5 aliphatic rings. The van der Waals surface area contributed by atoms with Gasteiger partial charge < -0.3 is 14.8 Å². The number of nitrogens with zero attached hydrogens (tertiary/aromatic N) is 1. The summed E-state index contributed by atoms with van der Waals surface area (Å²) in [4.78, 5) is 15.1. The van der Waals surface area contributed by atoms with Crippen molar-refractivity contribution in [3.05, 3.63) is 11.6 Å².